The summed E-state index contributed by atoms with van der Waals surface area (Å²) in [6, 6.07) is 8.44. The molecule has 1 saturated carbocycles. The molecule has 0 aromatic heterocycles. The molecule has 1 amide bonds. The number of amides is 1. The molecule has 2 aliphatic carbocycles. The zero-order chi connectivity index (χ0) is 17.7. The SMILES string of the molecule is CNC(=O)CC1CC2(CCN(S(=O)(=O)C3CC3)CC2)c2ccccc21. The van der Waals surface area contributed by atoms with Crippen LogP contribution in [0.3, 0.4) is 0 Å². The number of carbonyl (C=O) groups is 1. The average Bonchev–Trinajstić information content (AvgIpc) is 3.43. The van der Waals surface area contributed by atoms with E-state index in [1.807, 2.05) is 6.07 Å². The number of fused-ring (bicyclic) bond motifs is 2. The Balaban J connectivity index is 1.56. The van der Waals surface area contributed by atoms with E-state index >= 15 is 0 Å². The molecule has 1 spiro atoms. The second-order valence-electron chi connectivity index (χ2n) is 7.79. The van der Waals surface area contributed by atoms with E-state index in [0.29, 0.717) is 19.5 Å². The van der Waals surface area contributed by atoms with Crippen molar-refractivity contribution in [2.75, 3.05) is 20.1 Å². The van der Waals surface area contributed by atoms with E-state index < -0.39 is 10.0 Å². The molecule has 6 heteroatoms. The van der Waals surface area contributed by atoms with Crippen LogP contribution in [0.15, 0.2) is 24.3 Å². The molecule has 3 aliphatic rings. The number of sulfonamides is 1. The van der Waals surface area contributed by atoms with Crippen LogP contribution < -0.4 is 5.32 Å². The Bertz CT molecular complexity index is 778. The molecule has 136 valence electrons. The molecule has 1 aromatic rings. The van der Waals surface area contributed by atoms with Crippen molar-refractivity contribution in [1.29, 1.82) is 0 Å². The van der Waals surface area contributed by atoms with Gasteiger partial charge in [-0.15, -0.1) is 0 Å². The van der Waals surface area contributed by atoms with Gasteiger partial charge in [0.2, 0.25) is 15.9 Å². The third kappa shape index (κ3) is 2.89. The number of piperidine rings is 1. The predicted octanol–water partition coefficient (Wildman–Crippen LogP) is 2.14. The topological polar surface area (TPSA) is 66.5 Å². The van der Waals surface area contributed by atoms with Crippen LogP contribution >= 0.6 is 0 Å². The normalized spacial score (nSPS) is 25.7. The molecule has 25 heavy (non-hydrogen) atoms. The van der Waals surface area contributed by atoms with Crippen LogP contribution in [-0.4, -0.2) is 44.0 Å². The standard InChI is InChI=1S/C19H26N2O3S/c1-20-18(22)12-14-13-19(17-5-3-2-4-16(14)17)8-10-21(11-9-19)25(23,24)15-6-7-15/h2-5,14-15H,6-13H2,1H3,(H,20,22). The molecular formula is C19H26N2O3S. The van der Waals surface area contributed by atoms with E-state index in [1.54, 1.807) is 11.4 Å². The van der Waals surface area contributed by atoms with Gasteiger partial charge in [0.1, 0.15) is 0 Å². The Kier molecular flexibility index (Phi) is 4.15. The lowest BCUT2D eigenvalue weighted by atomic mass is 9.73. The highest BCUT2D eigenvalue weighted by Gasteiger charge is 2.49. The maximum absolute atomic E-state index is 12.5. The fourth-order valence-electron chi connectivity index (χ4n) is 4.75. The molecule has 0 radical (unpaired) electrons. The lowest BCUT2D eigenvalue weighted by Crippen LogP contribution is -2.45. The highest BCUT2D eigenvalue weighted by molar-refractivity contribution is 7.90. The summed E-state index contributed by atoms with van der Waals surface area (Å²) in [5.41, 5.74) is 2.65. The van der Waals surface area contributed by atoms with Crippen LogP contribution in [0.4, 0.5) is 0 Å². The van der Waals surface area contributed by atoms with Gasteiger partial charge >= 0.3 is 0 Å². The lowest BCUT2D eigenvalue weighted by Gasteiger charge is -2.40. The van der Waals surface area contributed by atoms with Crippen molar-refractivity contribution < 1.29 is 13.2 Å². The van der Waals surface area contributed by atoms with Gasteiger partial charge in [0.15, 0.2) is 0 Å². The highest BCUT2D eigenvalue weighted by Crippen LogP contribution is 2.53. The van der Waals surface area contributed by atoms with Crippen LogP contribution in [0.25, 0.3) is 0 Å². The average molecular weight is 362 g/mol. The van der Waals surface area contributed by atoms with Crippen molar-refractivity contribution in [1.82, 2.24) is 9.62 Å². The van der Waals surface area contributed by atoms with Crippen molar-refractivity contribution in [2.45, 2.75) is 55.1 Å². The van der Waals surface area contributed by atoms with Crippen molar-refractivity contribution in [3.8, 4) is 0 Å². The third-order valence-corrected chi connectivity index (χ3v) is 8.70. The van der Waals surface area contributed by atoms with Gasteiger partial charge in [0.25, 0.3) is 0 Å². The monoisotopic (exact) mass is 362 g/mol. The Morgan fingerprint density at radius 2 is 1.92 bits per heavy atom. The number of benzene rings is 1. The van der Waals surface area contributed by atoms with Crippen LogP contribution in [0.5, 0.6) is 0 Å². The summed E-state index contributed by atoms with van der Waals surface area (Å²) in [5, 5.41) is 2.61. The number of hydrogen-bond acceptors (Lipinski definition) is 3. The van der Waals surface area contributed by atoms with Crippen molar-refractivity contribution >= 4 is 15.9 Å². The molecule has 2 fully saturated rings. The molecule has 1 unspecified atom stereocenters. The van der Waals surface area contributed by atoms with Gasteiger partial charge in [0.05, 0.1) is 5.25 Å². The molecule has 5 nitrogen and oxygen atoms in total. The van der Waals surface area contributed by atoms with Gasteiger partial charge in [-0.1, -0.05) is 24.3 Å². The molecule has 1 aliphatic heterocycles. The summed E-state index contributed by atoms with van der Waals surface area (Å²) in [7, 11) is -1.40. The maximum Gasteiger partial charge on any atom is 0.220 e. The largest absolute Gasteiger partial charge is 0.359 e. The molecule has 0 bridgehead atoms. The fraction of sp³-hybridized carbons (Fsp3) is 0.632. The Hall–Kier alpha value is -1.40. The smallest absolute Gasteiger partial charge is 0.220 e. The van der Waals surface area contributed by atoms with E-state index in [0.717, 1.165) is 32.1 Å². The summed E-state index contributed by atoms with van der Waals surface area (Å²) in [4.78, 5) is 11.9. The quantitative estimate of drug-likeness (QED) is 0.892. The van der Waals surface area contributed by atoms with Gasteiger partial charge in [-0.25, -0.2) is 12.7 Å². The van der Waals surface area contributed by atoms with Gasteiger partial charge in [-0.3, -0.25) is 4.79 Å². The summed E-state index contributed by atoms with van der Waals surface area (Å²) < 4.78 is 26.7. The second kappa shape index (κ2) is 6.09. The fourth-order valence-corrected chi connectivity index (χ4v) is 6.60. The first-order chi connectivity index (χ1) is 12.0. The van der Waals surface area contributed by atoms with Crippen molar-refractivity contribution in [3.05, 3.63) is 35.4 Å². The second-order valence-corrected chi connectivity index (χ2v) is 10.0. The van der Waals surface area contributed by atoms with E-state index in [4.69, 9.17) is 0 Å². The van der Waals surface area contributed by atoms with Crippen LogP contribution in [0.1, 0.15) is 55.6 Å². The van der Waals surface area contributed by atoms with Crippen LogP contribution in [0.2, 0.25) is 0 Å². The van der Waals surface area contributed by atoms with Gasteiger partial charge < -0.3 is 5.32 Å². The van der Waals surface area contributed by atoms with E-state index in [9.17, 15) is 13.2 Å². The van der Waals surface area contributed by atoms with Crippen molar-refractivity contribution in [2.24, 2.45) is 0 Å². The Morgan fingerprint density at radius 3 is 2.56 bits per heavy atom. The van der Waals surface area contributed by atoms with Crippen LogP contribution in [-0.2, 0) is 20.2 Å². The van der Waals surface area contributed by atoms with E-state index in [-0.39, 0.29) is 22.5 Å². The van der Waals surface area contributed by atoms with Crippen molar-refractivity contribution in [3.63, 3.8) is 0 Å². The third-order valence-electron chi connectivity index (χ3n) is 6.30. The summed E-state index contributed by atoms with van der Waals surface area (Å²) in [5.74, 6) is 0.313. The zero-order valence-corrected chi connectivity index (χ0v) is 15.5. The minimum absolute atomic E-state index is 0.0326. The molecule has 1 saturated heterocycles. The Labute approximate surface area is 149 Å². The van der Waals surface area contributed by atoms with Crippen LogP contribution in [0, 0.1) is 0 Å². The first-order valence-corrected chi connectivity index (χ1v) is 10.8. The molecule has 1 aromatic carbocycles. The number of carbonyl (C=O) groups excluding carboxylic acids is 1. The van der Waals surface area contributed by atoms with Gasteiger partial charge in [-0.2, -0.15) is 0 Å². The summed E-state index contributed by atoms with van der Waals surface area (Å²) in [6.07, 6.45) is 4.83. The predicted molar refractivity (Wildman–Crippen MR) is 96.9 cm³/mol. The minimum atomic E-state index is -3.08. The maximum atomic E-state index is 12.5. The number of hydrogen-bond donors (Lipinski definition) is 1. The number of rotatable bonds is 4. The van der Waals surface area contributed by atoms with E-state index in [1.165, 1.54) is 11.1 Å². The molecular weight excluding hydrogens is 336 g/mol. The van der Waals surface area contributed by atoms with E-state index in [2.05, 4.69) is 23.5 Å². The summed E-state index contributed by atoms with van der Waals surface area (Å²) in [6.45, 7) is 1.22. The molecule has 1 heterocycles. The molecule has 1 N–H and O–H groups in total. The van der Waals surface area contributed by atoms with Gasteiger partial charge in [0, 0.05) is 26.6 Å². The first kappa shape index (κ1) is 17.0. The van der Waals surface area contributed by atoms with Gasteiger partial charge in [-0.05, 0) is 54.6 Å². The Morgan fingerprint density at radius 1 is 1.24 bits per heavy atom. The minimum Gasteiger partial charge on any atom is -0.359 e. The molecule has 1 atom stereocenters. The molecule has 4 rings (SSSR count). The first-order valence-electron chi connectivity index (χ1n) is 9.25. The summed E-state index contributed by atoms with van der Waals surface area (Å²) >= 11 is 0. The lowest BCUT2D eigenvalue weighted by molar-refractivity contribution is -0.121. The number of nitrogens with zero attached hydrogens (tertiary/aromatic N) is 1. The number of nitrogens with one attached hydrogen (secondary N) is 1. The highest BCUT2D eigenvalue weighted by atomic mass is 32.2. The zero-order valence-electron chi connectivity index (χ0n) is 14.7.